The van der Waals surface area contributed by atoms with Crippen LogP contribution in [0.3, 0.4) is 0 Å². The maximum atomic E-state index is 9.93. The standard InChI is InChI=1S/C4H6O2Te/c1-2-3-4-7(5)6/h2-3H,1,4H2/p+1. The van der Waals surface area contributed by atoms with Crippen LogP contribution in [0.1, 0.15) is 0 Å². The summed E-state index contributed by atoms with van der Waals surface area (Å²) in [6.45, 7) is 3.35. The van der Waals surface area contributed by atoms with Crippen LogP contribution in [0.5, 0.6) is 0 Å². The van der Waals surface area contributed by atoms with Gasteiger partial charge in [0.2, 0.25) is 0 Å². The van der Waals surface area contributed by atoms with E-state index in [-0.39, 0.29) is 0 Å². The van der Waals surface area contributed by atoms with Crippen molar-refractivity contribution in [3.8, 4) is 0 Å². The van der Waals surface area contributed by atoms with Gasteiger partial charge in [-0.3, -0.25) is 0 Å². The van der Waals surface area contributed by atoms with Gasteiger partial charge in [-0.05, 0) is 0 Å². The van der Waals surface area contributed by atoms with Crippen molar-refractivity contribution in [2.75, 3.05) is 0 Å². The Morgan fingerprint density at radius 3 is 2.71 bits per heavy atom. The summed E-state index contributed by atoms with van der Waals surface area (Å²) in [6.07, 6.45) is 3.13. The summed E-state index contributed by atoms with van der Waals surface area (Å²) in [4.78, 5) is 0. The molecule has 40 valence electrons. The molecule has 2 nitrogen and oxygen atoms in total. The summed E-state index contributed by atoms with van der Waals surface area (Å²) >= 11 is -2.81. The van der Waals surface area contributed by atoms with E-state index in [9.17, 15) is 3.10 Å². The Balaban J connectivity index is 2.97. The van der Waals surface area contributed by atoms with Crippen LogP contribution in [0.4, 0.5) is 0 Å². The van der Waals surface area contributed by atoms with E-state index in [1.807, 2.05) is 0 Å². The van der Waals surface area contributed by atoms with Gasteiger partial charge in [-0.2, -0.15) is 0 Å². The van der Waals surface area contributed by atoms with Crippen LogP contribution < -0.4 is 0 Å². The quantitative estimate of drug-likeness (QED) is 0.542. The molecule has 7 heavy (non-hydrogen) atoms. The monoisotopic (exact) mass is 217 g/mol. The molecule has 0 amide bonds. The SMILES string of the molecule is C=C[CH+]C[Te](=O)O. The number of hydrogen-bond acceptors (Lipinski definition) is 1. The first-order valence-corrected chi connectivity index (χ1v) is 5.43. The normalized spacial score (nSPS) is 8.86. The van der Waals surface area contributed by atoms with Gasteiger partial charge in [0.1, 0.15) is 0 Å². The van der Waals surface area contributed by atoms with E-state index in [1.54, 1.807) is 6.42 Å². The first kappa shape index (κ1) is 7.16. The van der Waals surface area contributed by atoms with Crippen molar-refractivity contribution in [1.82, 2.24) is 0 Å². The van der Waals surface area contributed by atoms with Crippen molar-refractivity contribution < 1.29 is 6.58 Å². The number of allylic oxidation sites excluding steroid dienone is 1. The molecule has 0 fully saturated rings. The van der Waals surface area contributed by atoms with Crippen LogP contribution in [-0.4, -0.2) is 23.4 Å². The summed E-state index contributed by atoms with van der Waals surface area (Å²) in [6, 6.07) is 0. The second-order valence-corrected chi connectivity index (χ2v) is 3.75. The molecule has 0 unspecified atom stereocenters. The molecule has 0 aromatic heterocycles. The molecule has 0 saturated heterocycles. The van der Waals surface area contributed by atoms with E-state index in [1.165, 1.54) is 6.08 Å². The van der Waals surface area contributed by atoms with Gasteiger partial charge in [0.15, 0.2) is 0 Å². The Hall–Kier alpha value is 0.160. The molecule has 0 aliphatic carbocycles. The Morgan fingerprint density at radius 1 is 2.00 bits per heavy atom. The second-order valence-electron chi connectivity index (χ2n) is 0.960. The summed E-state index contributed by atoms with van der Waals surface area (Å²) < 4.78 is 18.5. The van der Waals surface area contributed by atoms with Crippen LogP contribution in [0.2, 0.25) is 4.47 Å². The zero-order valence-electron chi connectivity index (χ0n) is 3.83. The van der Waals surface area contributed by atoms with Crippen molar-refractivity contribution in [2.24, 2.45) is 0 Å². The molecule has 1 N–H and O–H groups in total. The fourth-order valence-corrected chi connectivity index (χ4v) is 1.01. The Labute approximate surface area is 50.4 Å². The predicted octanol–water partition coefficient (Wildman–Crippen LogP) is 0.288. The molecule has 0 atom stereocenters. The molecule has 0 bridgehead atoms. The van der Waals surface area contributed by atoms with Crippen molar-refractivity contribution >= 4 is 19.9 Å². The molecule has 0 rings (SSSR count). The average molecular weight is 215 g/mol. The average Bonchev–Trinajstić information content (AvgIpc) is 1.61. The molecule has 3 heteroatoms. The van der Waals surface area contributed by atoms with E-state index in [0.717, 1.165) is 0 Å². The summed E-state index contributed by atoms with van der Waals surface area (Å²) in [5.74, 6) is 0. The molecule has 0 saturated carbocycles. The Kier molecular flexibility index (Phi) is 4.42. The third-order valence-corrected chi connectivity index (χ3v) is 1.77. The zero-order chi connectivity index (χ0) is 5.70. The first-order valence-electron chi connectivity index (χ1n) is 1.79. The van der Waals surface area contributed by atoms with Gasteiger partial charge in [-0.15, -0.1) is 0 Å². The van der Waals surface area contributed by atoms with E-state index in [4.69, 9.17) is 3.47 Å². The van der Waals surface area contributed by atoms with E-state index < -0.39 is 19.9 Å². The Morgan fingerprint density at radius 2 is 2.57 bits per heavy atom. The minimum absolute atomic E-state index is 0.326. The fourth-order valence-electron chi connectivity index (χ4n) is 0.150. The molecule has 0 aliphatic heterocycles. The van der Waals surface area contributed by atoms with E-state index in [0.29, 0.717) is 4.47 Å². The second kappa shape index (κ2) is 4.32. The molecule has 0 aliphatic rings. The van der Waals surface area contributed by atoms with Crippen molar-refractivity contribution in [3.63, 3.8) is 0 Å². The third-order valence-electron chi connectivity index (χ3n) is 0.405. The third kappa shape index (κ3) is 6.16. The Bertz CT molecular complexity index is 79.8. The molecule has 0 heterocycles. The molecule has 0 spiro atoms. The first-order chi connectivity index (χ1) is 3.27. The summed E-state index contributed by atoms with van der Waals surface area (Å²) in [7, 11) is 0. The van der Waals surface area contributed by atoms with Crippen LogP contribution in [-0.2, 0) is 3.10 Å². The topological polar surface area (TPSA) is 37.3 Å². The van der Waals surface area contributed by atoms with Crippen molar-refractivity contribution in [3.05, 3.63) is 19.1 Å². The fraction of sp³-hybridized carbons (Fsp3) is 0.250. The molecule has 0 aromatic carbocycles. The van der Waals surface area contributed by atoms with E-state index in [2.05, 4.69) is 6.58 Å². The molecular formula is C4H7O2Te+. The molecule has 0 radical (unpaired) electrons. The molecule has 0 aromatic rings. The van der Waals surface area contributed by atoms with Gasteiger partial charge >= 0.3 is 50.1 Å². The van der Waals surface area contributed by atoms with Crippen LogP contribution in [0, 0.1) is 6.42 Å². The molecular weight excluding hydrogens is 208 g/mol. The summed E-state index contributed by atoms with van der Waals surface area (Å²) in [5, 5.41) is 0. The van der Waals surface area contributed by atoms with Gasteiger partial charge < -0.3 is 0 Å². The van der Waals surface area contributed by atoms with Crippen LogP contribution in [0.15, 0.2) is 12.7 Å². The van der Waals surface area contributed by atoms with E-state index >= 15 is 0 Å². The van der Waals surface area contributed by atoms with Gasteiger partial charge in [0.05, 0.1) is 0 Å². The van der Waals surface area contributed by atoms with Gasteiger partial charge in [0, 0.05) is 0 Å². The van der Waals surface area contributed by atoms with Crippen molar-refractivity contribution in [1.29, 1.82) is 0 Å². The van der Waals surface area contributed by atoms with Crippen LogP contribution >= 0.6 is 0 Å². The van der Waals surface area contributed by atoms with Gasteiger partial charge in [0.25, 0.3) is 0 Å². The summed E-state index contributed by atoms with van der Waals surface area (Å²) in [5.41, 5.74) is 0. The van der Waals surface area contributed by atoms with Crippen molar-refractivity contribution in [2.45, 2.75) is 4.47 Å². The van der Waals surface area contributed by atoms with Gasteiger partial charge in [-0.25, -0.2) is 0 Å². The maximum absolute atomic E-state index is 9.93. The van der Waals surface area contributed by atoms with Gasteiger partial charge in [-0.1, -0.05) is 0 Å². The number of hydrogen-bond donors (Lipinski definition) is 1. The van der Waals surface area contributed by atoms with Crippen LogP contribution in [0.25, 0.3) is 0 Å². The minimum atomic E-state index is -2.81. The predicted molar refractivity (Wildman–Crippen MR) is 28.0 cm³/mol. The zero-order valence-corrected chi connectivity index (χ0v) is 6.16. The number of rotatable bonds is 3.